The van der Waals surface area contributed by atoms with Gasteiger partial charge in [-0.1, -0.05) is 24.3 Å². The molecule has 26 heavy (non-hydrogen) atoms. The van der Waals surface area contributed by atoms with E-state index in [1.54, 1.807) is 48.5 Å². The summed E-state index contributed by atoms with van der Waals surface area (Å²) >= 11 is 0. The third-order valence-corrected chi connectivity index (χ3v) is 3.33. The van der Waals surface area contributed by atoms with Crippen LogP contribution in [0.5, 0.6) is 23.3 Å². The molecule has 0 aliphatic heterocycles. The zero-order valence-corrected chi connectivity index (χ0v) is 13.6. The third kappa shape index (κ3) is 4.12. The molecule has 0 aliphatic carbocycles. The van der Waals surface area contributed by atoms with Crippen LogP contribution in [0.15, 0.2) is 60.9 Å². The van der Waals surface area contributed by atoms with Gasteiger partial charge in [-0.15, -0.1) is 0 Å². The molecule has 3 aromatic rings. The van der Waals surface area contributed by atoms with E-state index in [0.717, 1.165) is 0 Å². The van der Waals surface area contributed by atoms with E-state index in [1.807, 2.05) is 0 Å². The van der Waals surface area contributed by atoms with Crippen LogP contribution in [-0.2, 0) is 0 Å². The molecule has 0 saturated carbocycles. The van der Waals surface area contributed by atoms with Crippen LogP contribution >= 0.6 is 0 Å². The van der Waals surface area contributed by atoms with Crippen molar-refractivity contribution in [3.63, 3.8) is 0 Å². The Balaban J connectivity index is 1.78. The monoisotopic (exact) mass is 348 g/mol. The van der Waals surface area contributed by atoms with Gasteiger partial charge in [0.2, 0.25) is 11.8 Å². The van der Waals surface area contributed by atoms with Crippen LogP contribution in [0.4, 0.5) is 0 Å². The maximum absolute atomic E-state index is 7.47. The Labute approximate surface area is 149 Å². The third-order valence-electron chi connectivity index (χ3n) is 3.33. The molecule has 0 atom stereocenters. The normalized spacial score (nSPS) is 10.2. The number of nitrogens with zero attached hydrogens (tertiary/aromatic N) is 2. The number of hydrogen-bond acceptors (Lipinski definition) is 6. The first-order chi connectivity index (χ1) is 12.5. The molecular weight excluding hydrogens is 332 g/mol. The lowest BCUT2D eigenvalue weighted by molar-refractivity contribution is 0.421. The number of aromatic nitrogens is 2. The van der Waals surface area contributed by atoms with Crippen LogP contribution in [0.2, 0.25) is 0 Å². The number of nitrogens with one attached hydrogen (secondary N) is 2. The second kappa shape index (κ2) is 7.31. The van der Waals surface area contributed by atoms with Crippen molar-refractivity contribution < 1.29 is 9.47 Å². The van der Waals surface area contributed by atoms with Gasteiger partial charge in [0.05, 0.1) is 12.4 Å². The van der Waals surface area contributed by atoms with Crippen molar-refractivity contribution in [2.24, 2.45) is 11.5 Å². The quantitative estimate of drug-likeness (QED) is 0.398. The Morgan fingerprint density at radius 2 is 1.23 bits per heavy atom. The molecule has 0 saturated heterocycles. The molecule has 2 aromatic carbocycles. The number of hydrogen-bond donors (Lipinski definition) is 4. The number of ether oxygens (including phenoxy) is 2. The molecule has 0 fully saturated rings. The first-order valence-electron chi connectivity index (χ1n) is 7.58. The number of rotatable bonds is 6. The summed E-state index contributed by atoms with van der Waals surface area (Å²) in [7, 11) is 0. The molecule has 0 amide bonds. The predicted molar refractivity (Wildman–Crippen MR) is 97.1 cm³/mol. The Hall–Kier alpha value is -3.94. The highest BCUT2D eigenvalue weighted by Crippen LogP contribution is 2.24. The van der Waals surface area contributed by atoms with Gasteiger partial charge in [-0.2, -0.15) is 4.98 Å². The number of benzene rings is 2. The van der Waals surface area contributed by atoms with Gasteiger partial charge in [0.25, 0.3) is 0 Å². The van der Waals surface area contributed by atoms with E-state index >= 15 is 0 Å². The van der Waals surface area contributed by atoms with Gasteiger partial charge in [-0.3, -0.25) is 15.8 Å². The van der Waals surface area contributed by atoms with E-state index in [9.17, 15) is 0 Å². The molecule has 0 aliphatic rings. The molecule has 0 bridgehead atoms. The van der Waals surface area contributed by atoms with Crippen molar-refractivity contribution >= 4 is 11.7 Å². The lowest BCUT2D eigenvalue weighted by atomic mass is 10.2. The lowest BCUT2D eigenvalue weighted by Crippen LogP contribution is -2.10. The summed E-state index contributed by atoms with van der Waals surface area (Å²) in [5.74, 6) is 1.30. The zero-order valence-electron chi connectivity index (χ0n) is 13.6. The summed E-state index contributed by atoms with van der Waals surface area (Å²) < 4.78 is 11.3. The first-order valence-corrected chi connectivity index (χ1v) is 7.58. The molecule has 0 spiro atoms. The van der Waals surface area contributed by atoms with Gasteiger partial charge < -0.3 is 20.9 Å². The first kappa shape index (κ1) is 16.9. The van der Waals surface area contributed by atoms with Crippen LogP contribution in [0, 0.1) is 10.8 Å². The highest BCUT2D eigenvalue weighted by Gasteiger charge is 2.06. The van der Waals surface area contributed by atoms with Crippen molar-refractivity contribution in [2.75, 3.05) is 0 Å². The fraction of sp³-hybridized carbons (Fsp3) is 0. The number of nitrogen functional groups attached to an aromatic ring is 2. The average molecular weight is 348 g/mol. The zero-order chi connectivity index (χ0) is 18.5. The maximum atomic E-state index is 7.47. The summed E-state index contributed by atoms with van der Waals surface area (Å²) in [6, 6.07) is 13.6. The number of nitrogens with two attached hydrogens (primary N) is 2. The summed E-state index contributed by atoms with van der Waals surface area (Å²) in [5, 5.41) is 14.9. The van der Waals surface area contributed by atoms with E-state index in [4.69, 9.17) is 31.8 Å². The molecular formula is C18H16N6O2. The van der Waals surface area contributed by atoms with Gasteiger partial charge in [-0.25, -0.2) is 0 Å². The summed E-state index contributed by atoms with van der Waals surface area (Å²) in [6.45, 7) is 0. The second-order valence-corrected chi connectivity index (χ2v) is 5.28. The molecule has 0 radical (unpaired) electrons. The van der Waals surface area contributed by atoms with E-state index in [1.165, 1.54) is 12.4 Å². The molecule has 1 heterocycles. The minimum Gasteiger partial charge on any atom is -0.437 e. The van der Waals surface area contributed by atoms with Crippen LogP contribution in [-0.4, -0.2) is 21.6 Å². The van der Waals surface area contributed by atoms with E-state index < -0.39 is 0 Å². The topological polar surface area (TPSA) is 144 Å². The molecule has 8 nitrogen and oxygen atoms in total. The Bertz CT molecular complexity index is 898. The van der Waals surface area contributed by atoms with Gasteiger partial charge in [0.1, 0.15) is 23.2 Å². The Morgan fingerprint density at radius 1 is 0.769 bits per heavy atom. The van der Waals surface area contributed by atoms with Crippen molar-refractivity contribution in [1.29, 1.82) is 10.8 Å². The van der Waals surface area contributed by atoms with Crippen LogP contribution in [0.1, 0.15) is 11.1 Å². The molecule has 6 N–H and O–H groups in total. The van der Waals surface area contributed by atoms with E-state index in [0.29, 0.717) is 22.6 Å². The Kier molecular flexibility index (Phi) is 4.75. The largest absolute Gasteiger partial charge is 0.437 e. The van der Waals surface area contributed by atoms with Crippen LogP contribution in [0.25, 0.3) is 0 Å². The fourth-order valence-corrected chi connectivity index (χ4v) is 2.13. The highest BCUT2D eigenvalue weighted by atomic mass is 16.5. The Morgan fingerprint density at radius 3 is 1.65 bits per heavy atom. The van der Waals surface area contributed by atoms with Crippen molar-refractivity contribution in [3.05, 3.63) is 72.1 Å². The standard InChI is InChI=1S/C18H16N6O2/c19-17(20)11-3-1-5-13(7-11)25-15-9-23-10-16(24-15)26-14-6-2-4-12(8-14)18(21)22/h1-10H,(H3,19,20)(H3,21,22). The van der Waals surface area contributed by atoms with E-state index in [2.05, 4.69) is 9.97 Å². The van der Waals surface area contributed by atoms with E-state index in [-0.39, 0.29) is 23.4 Å². The molecule has 1 aromatic heterocycles. The molecule has 0 unspecified atom stereocenters. The highest BCUT2D eigenvalue weighted by molar-refractivity contribution is 5.95. The minimum atomic E-state index is -0.0519. The average Bonchev–Trinajstić information content (AvgIpc) is 2.62. The van der Waals surface area contributed by atoms with Crippen LogP contribution in [0.3, 0.4) is 0 Å². The lowest BCUT2D eigenvalue weighted by Gasteiger charge is -2.09. The summed E-state index contributed by atoms with van der Waals surface area (Å²) in [6.07, 6.45) is 2.89. The fourth-order valence-electron chi connectivity index (χ4n) is 2.13. The molecule has 3 rings (SSSR count). The maximum Gasteiger partial charge on any atom is 0.241 e. The summed E-state index contributed by atoms with van der Waals surface area (Å²) in [5.41, 5.74) is 12.0. The molecule has 8 heteroatoms. The van der Waals surface area contributed by atoms with Gasteiger partial charge in [-0.05, 0) is 24.3 Å². The van der Waals surface area contributed by atoms with Gasteiger partial charge in [0.15, 0.2) is 0 Å². The van der Waals surface area contributed by atoms with Crippen LogP contribution < -0.4 is 20.9 Å². The van der Waals surface area contributed by atoms with Gasteiger partial charge >= 0.3 is 0 Å². The van der Waals surface area contributed by atoms with Crippen molar-refractivity contribution in [3.8, 4) is 23.3 Å². The molecule has 130 valence electrons. The van der Waals surface area contributed by atoms with Crippen molar-refractivity contribution in [2.45, 2.75) is 0 Å². The second-order valence-electron chi connectivity index (χ2n) is 5.28. The smallest absolute Gasteiger partial charge is 0.241 e. The predicted octanol–water partition coefficient (Wildman–Crippen LogP) is 2.63. The minimum absolute atomic E-state index is 0.0519. The van der Waals surface area contributed by atoms with Gasteiger partial charge in [0, 0.05) is 11.1 Å². The SMILES string of the molecule is N=C(N)c1cccc(Oc2cncc(Oc3cccc(C(=N)N)c3)n2)c1. The summed E-state index contributed by atoms with van der Waals surface area (Å²) in [4.78, 5) is 8.28. The number of amidine groups is 2. The van der Waals surface area contributed by atoms with Crippen molar-refractivity contribution in [1.82, 2.24) is 9.97 Å².